The maximum Gasteiger partial charge on any atom is 0.160 e. The number of anilines is 2. The van der Waals surface area contributed by atoms with Crippen molar-refractivity contribution in [3.8, 4) is 11.5 Å². The van der Waals surface area contributed by atoms with Crippen molar-refractivity contribution in [1.29, 1.82) is 0 Å². The average molecular weight is 1180 g/mol. The van der Waals surface area contributed by atoms with Crippen LogP contribution in [-0.2, 0) is 13.2 Å². The Morgan fingerprint density at radius 3 is 1.16 bits per heavy atom. The van der Waals surface area contributed by atoms with Gasteiger partial charge in [0.05, 0.1) is 9.75 Å². The molecule has 0 atom stereocenters. The molecule has 10 heteroatoms. The molecule has 0 fully saturated rings. The zero-order valence-electron chi connectivity index (χ0n) is 40.4. The molecule has 6 aromatic rings. The number of hydrogen-bond acceptors (Lipinski definition) is 8. The van der Waals surface area contributed by atoms with Gasteiger partial charge in [-0.25, -0.2) is 0 Å². The van der Waals surface area contributed by atoms with E-state index in [1.165, 1.54) is 98.3 Å². The van der Waals surface area contributed by atoms with Gasteiger partial charge in [0.1, 0.15) is 24.7 Å². The number of aldehydes is 2. The van der Waals surface area contributed by atoms with E-state index < -0.39 is 0 Å². The highest BCUT2D eigenvalue weighted by atomic mass is 128. The molecule has 0 aliphatic rings. The molecule has 0 aliphatic carbocycles. The summed E-state index contributed by atoms with van der Waals surface area (Å²) < 4.78 is 12.7. The first kappa shape index (κ1) is 56.3. The number of carbonyl (C=O) groups excluding carboxylic acids is 2. The topological polar surface area (TPSA) is 59.1 Å². The molecule has 0 saturated heterocycles. The summed E-state index contributed by atoms with van der Waals surface area (Å²) in [7, 11) is 0. The van der Waals surface area contributed by atoms with Crippen LogP contribution in [-0.4, -0.2) is 38.8 Å². The molecule has 362 valence electrons. The fourth-order valence-electron chi connectivity index (χ4n) is 7.37. The van der Waals surface area contributed by atoms with Crippen LogP contribution in [0.1, 0.15) is 143 Å². The van der Waals surface area contributed by atoms with Crippen LogP contribution in [0, 0.1) is 0 Å². The van der Waals surface area contributed by atoms with Gasteiger partial charge in [-0.1, -0.05) is 127 Å². The first-order valence-electron chi connectivity index (χ1n) is 24.2. The minimum Gasteiger partial charge on any atom is -0.488 e. The molecule has 0 bridgehead atoms. The van der Waals surface area contributed by atoms with Gasteiger partial charge in [-0.05, 0) is 110 Å². The standard InChI is InChI=1S/2C29H35NO2S.I2/c2*1-3-5-10-20-30(19-6-4-2)26-15-13-25(14-16-27-17-18-28(22-31)33-27)29(21-26)32-23-24-11-8-7-9-12-24;1-2/h2*7-9,11-18,21-22H,3-6,10,19-20,23H2,1-2H3;/b16-14+;;. The fraction of sp³-hybridized carbons (Fsp3) is 0.345. The maximum absolute atomic E-state index is 11.0. The van der Waals surface area contributed by atoms with Gasteiger partial charge in [-0.2, -0.15) is 0 Å². The summed E-state index contributed by atoms with van der Waals surface area (Å²) in [5.74, 6) is 1.77. The second kappa shape index (κ2) is 34.1. The third-order valence-electron chi connectivity index (χ3n) is 11.2. The highest BCUT2D eigenvalue weighted by molar-refractivity contribution is 15.0. The number of hydrogen-bond donors (Lipinski definition) is 0. The Kier molecular flexibility index (Phi) is 28.3. The van der Waals surface area contributed by atoms with Gasteiger partial charge in [-0.3, -0.25) is 9.59 Å². The molecule has 0 spiro atoms. The summed E-state index contributed by atoms with van der Waals surface area (Å²) in [4.78, 5) is 30.6. The number of ether oxygens (including phenoxy) is 2. The van der Waals surface area contributed by atoms with E-state index in [1.807, 2.05) is 60.7 Å². The van der Waals surface area contributed by atoms with E-state index in [2.05, 4.69) is 160 Å². The van der Waals surface area contributed by atoms with Crippen LogP contribution in [0.5, 0.6) is 11.5 Å². The van der Waals surface area contributed by atoms with E-state index in [-0.39, 0.29) is 0 Å². The molecule has 0 amide bonds. The van der Waals surface area contributed by atoms with Gasteiger partial charge in [0, 0.05) is 108 Å². The minimum absolute atomic E-state index is 0.532. The molecule has 0 saturated carbocycles. The van der Waals surface area contributed by atoms with E-state index >= 15 is 0 Å². The van der Waals surface area contributed by atoms with E-state index in [4.69, 9.17) is 9.47 Å². The number of unbranched alkanes of at least 4 members (excludes halogenated alkanes) is 6. The van der Waals surface area contributed by atoms with Crippen molar-refractivity contribution in [3.05, 3.63) is 163 Å². The molecule has 0 unspecified atom stereocenters. The molecule has 2 heterocycles. The molecule has 2 aromatic heterocycles. The summed E-state index contributed by atoms with van der Waals surface area (Å²) in [5, 5.41) is 0. The third kappa shape index (κ3) is 20.4. The molecular formula is C58H70I2N2O4S2. The van der Waals surface area contributed by atoms with Crippen LogP contribution < -0.4 is 19.3 Å². The van der Waals surface area contributed by atoms with E-state index in [9.17, 15) is 9.59 Å². The highest BCUT2D eigenvalue weighted by Crippen LogP contribution is 2.32. The van der Waals surface area contributed by atoms with Crippen LogP contribution in [0.4, 0.5) is 11.4 Å². The minimum atomic E-state index is 0.532. The summed E-state index contributed by atoms with van der Waals surface area (Å²) >= 11 is 7.23. The SMILES string of the molecule is CCCCCN(CCCC)c1ccc(/C=C/c2ccc(C=O)s2)c(OCc2ccccc2)c1.CCCCCN(CCCC)c1ccc(C=Cc2ccc(C=O)s2)c(OCc2ccccc2)c1.II. The van der Waals surface area contributed by atoms with Crippen LogP contribution in [0.25, 0.3) is 24.3 Å². The molecule has 0 radical (unpaired) electrons. The Labute approximate surface area is 439 Å². The lowest BCUT2D eigenvalue weighted by molar-refractivity contribution is 0.111. The molecule has 6 rings (SSSR count). The van der Waals surface area contributed by atoms with Crippen molar-refractivity contribution in [1.82, 2.24) is 0 Å². The smallest absolute Gasteiger partial charge is 0.160 e. The summed E-state index contributed by atoms with van der Waals surface area (Å²) in [5.41, 5.74) is 6.83. The zero-order valence-corrected chi connectivity index (χ0v) is 46.4. The van der Waals surface area contributed by atoms with Crippen molar-refractivity contribution < 1.29 is 19.1 Å². The second-order valence-electron chi connectivity index (χ2n) is 16.5. The van der Waals surface area contributed by atoms with Crippen LogP contribution in [0.2, 0.25) is 0 Å². The summed E-state index contributed by atoms with van der Waals surface area (Å²) in [6.07, 6.45) is 22.2. The number of benzene rings is 4. The zero-order chi connectivity index (χ0) is 48.6. The first-order valence-corrected chi connectivity index (χ1v) is 32.1. The summed E-state index contributed by atoms with van der Waals surface area (Å²) in [6.45, 7) is 14.3. The number of halogens is 2. The average Bonchev–Trinajstić information content (AvgIpc) is 4.07. The maximum atomic E-state index is 11.0. The number of rotatable bonds is 28. The predicted molar refractivity (Wildman–Crippen MR) is 313 cm³/mol. The first-order chi connectivity index (χ1) is 33.5. The van der Waals surface area contributed by atoms with Crippen LogP contribution >= 0.6 is 59.9 Å². The lowest BCUT2D eigenvalue weighted by atomic mass is 10.1. The van der Waals surface area contributed by atoms with Gasteiger partial charge in [0.15, 0.2) is 12.6 Å². The molecule has 6 nitrogen and oxygen atoms in total. The van der Waals surface area contributed by atoms with Crippen molar-refractivity contribution >= 4 is 108 Å². The van der Waals surface area contributed by atoms with E-state index in [1.54, 1.807) is 0 Å². The lowest BCUT2D eigenvalue weighted by Gasteiger charge is -2.26. The van der Waals surface area contributed by atoms with Gasteiger partial charge >= 0.3 is 0 Å². The van der Waals surface area contributed by atoms with Gasteiger partial charge in [0.2, 0.25) is 0 Å². The normalized spacial score (nSPS) is 10.9. The molecule has 0 aliphatic heterocycles. The number of thiophene rings is 2. The Morgan fingerprint density at radius 2 is 0.809 bits per heavy atom. The molecule has 0 N–H and O–H groups in total. The number of carbonyl (C=O) groups is 2. The van der Waals surface area contributed by atoms with Crippen molar-refractivity contribution in [2.45, 2.75) is 105 Å². The van der Waals surface area contributed by atoms with Crippen molar-refractivity contribution in [2.75, 3.05) is 36.0 Å². The second-order valence-corrected chi connectivity index (χ2v) is 18.8. The largest absolute Gasteiger partial charge is 0.488 e. The lowest BCUT2D eigenvalue weighted by Crippen LogP contribution is -2.25. The molecular weight excluding hydrogens is 1110 g/mol. The highest BCUT2D eigenvalue weighted by Gasteiger charge is 2.13. The Bertz CT molecular complexity index is 2200. The Morgan fingerprint density at radius 1 is 0.441 bits per heavy atom. The monoisotopic (exact) mass is 1180 g/mol. The number of nitrogens with zero attached hydrogens (tertiary/aromatic N) is 2. The quantitative estimate of drug-likeness (QED) is 0.0277. The van der Waals surface area contributed by atoms with Gasteiger partial charge in [-0.15, -0.1) is 22.7 Å². The van der Waals surface area contributed by atoms with Gasteiger partial charge < -0.3 is 19.3 Å². The Hall–Kier alpha value is -4.24. The fourth-order valence-corrected chi connectivity index (χ4v) is 8.82. The summed E-state index contributed by atoms with van der Waals surface area (Å²) in [6, 6.07) is 41.3. The van der Waals surface area contributed by atoms with Crippen molar-refractivity contribution in [2.24, 2.45) is 0 Å². The van der Waals surface area contributed by atoms with Crippen molar-refractivity contribution in [3.63, 3.8) is 0 Å². The van der Waals surface area contributed by atoms with Crippen LogP contribution in [0.15, 0.2) is 121 Å². The Balaban J connectivity index is 0.000000286. The molecule has 68 heavy (non-hydrogen) atoms. The predicted octanol–water partition coefficient (Wildman–Crippen LogP) is 18.0. The van der Waals surface area contributed by atoms with E-state index in [0.29, 0.717) is 13.2 Å². The molecule has 4 aromatic carbocycles. The third-order valence-corrected chi connectivity index (χ3v) is 13.2. The van der Waals surface area contributed by atoms with Gasteiger partial charge in [0.25, 0.3) is 0 Å². The van der Waals surface area contributed by atoms with Crippen LogP contribution in [0.3, 0.4) is 0 Å². The van der Waals surface area contributed by atoms with E-state index in [0.717, 1.165) is 92.0 Å².